The van der Waals surface area contributed by atoms with E-state index in [0.717, 1.165) is 38.4 Å². The maximum atomic E-state index is 12.9. The summed E-state index contributed by atoms with van der Waals surface area (Å²) in [6.07, 6.45) is 0.967. The van der Waals surface area contributed by atoms with Gasteiger partial charge in [0.05, 0.1) is 18.2 Å². The van der Waals surface area contributed by atoms with Crippen molar-refractivity contribution in [2.45, 2.75) is 12.5 Å². The molecule has 17 heavy (non-hydrogen) atoms. The molecule has 0 radical (unpaired) electrons. The minimum absolute atomic E-state index is 0.147. The summed E-state index contributed by atoms with van der Waals surface area (Å²) in [5.41, 5.74) is 0.841. The molecule has 94 valence electrons. The molecule has 1 aromatic rings. The second-order valence-corrected chi connectivity index (χ2v) is 4.48. The van der Waals surface area contributed by atoms with Gasteiger partial charge in [0.1, 0.15) is 5.82 Å². The van der Waals surface area contributed by atoms with Gasteiger partial charge in [0.15, 0.2) is 0 Å². The third kappa shape index (κ3) is 3.84. The first-order valence-corrected chi connectivity index (χ1v) is 6.13. The Morgan fingerprint density at radius 1 is 1.53 bits per heavy atom. The van der Waals surface area contributed by atoms with Crippen LogP contribution >= 0.6 is 11.6 Å². The van der Waals surface area contributed by atoms with E-state index in [0.29, 0.717) is 6.04 Å². The number of rotatable bonds is 4. The fourth-order valence-corrected chi connectivity index (χ4v) is 1.98. The number of anilines is 1. The molecule has 3 nitrogen and oxygen atoms in total. The smallest absolute Gasteiger partial charge is 0.141 e. The highest BCUT2D eigenvalue weighted by atomic mass is 35.5. The van der Waals surface area contributed by atoms with Crippen LogP contribution < -0.4 is 10.6 Å². The number of morpholine rings is 1. The van der Waals surface area contributed by atoms with Crippen LogP contribution in [0.3, 0.4) is 0 Å². The number of halogens is 2. The average Bonchev–Trinajstić information content (AvgIpc) is 2.35. The maximum Gasteiger partial charge on any atom is 0.141 e. The molecule has 5 heteroatoms. The summed E-state index contributed by atoms with van der Waals surface area (Å²) in [5, 5.41) is 6.74. The van der Waals surface area contributed by atoms with Crippen molar-refractivity contribution in [3.63, 3.8) is 0 Å². The Hall–Kier alpha value is -0.840. The van der Waals surface area contributed by atoms with Gasteiger partial charge in [-0.25, -0.2) is 4.39 Å². The highest BCUT2D eigenvalue weighted by Crippen LogP contribution is 2.19. The number of nitrogens with one attached hydrogen (secondary N) is 2. The van der Waals surface area contributed by atoms with Crippen molar-refractivity contribution in [1.29, 1.82) is 0 Å². The van der Waals surface area contributed by atoms with E-state index in [-0.39, 0.29) is 10.8 Å². The monoisotopic (exact) mass is 258 g/mol. The van der Waals surface area contributed by atoms with Gasteiger partial charge in [-0.05, 0) is 24.6 Å². The third-order valence-electron chi connectivity index (χ3n) is 2.74. The summed E-state index contributed by atoms with van der Waals surface area (Å²) >= 11 is 5.69. The molecule has 1 saturated heterocycles. The van der Waals surface area contributed by atoms with Crippen LogP contribution in [-0.4, -0.2) is 32.3 Å². The number of ether oxygens (including phenoxy) is 1. The average molecular weight is 259 g/mol. The minimum Gasteiger partial charge on any atom is -0.385 e. The number of hydrogen-bond donors (Lipinski definition) is 2. The number of benzene rings is 1. The largest absolute Gasteiger partial charge is 0.385 e. The lowest BCUT2D eigenvalue weighted by Gasteiger charge is -2.23. The fraction of sp³-hybridized carbons (Fsp3) is 0.500. The van der Waals surface area contributed by atoms with Gasteiger partial charge in [-0.1, -0.05) is 11.6 Å². The molecule has 0 amide bonds. The van der Waals surface area contributed by atoms with E-state index in [1.54, 1.807) is 12.1 Å². The quantitative estimate of drug-likeness (QED) is 0.869. The molecule has 1 unspecified atom stereocenters. The Morgan fingerprint density at radius 2 is 2.41 bits per heavy atom. The first-order valence-electron chi connectivity index (χ1n) is 5.76. The molecule has 0 aliphatic carbocycles. The van der Waals surface area contributed by atoms with Gasteiger partial charge >= 0.3 is 0 Å². The summed E-state index contributed by atoms with van der Waals surface area (Å²) in [4.78, 5) is 0. The van der Waals surface area contributed by atoms with Crippen molar-refractivity contribution in [1.82, 2.24) is 5.32 Å². The highest BCUT2D eigenvalue weighted by molar-refractivity contribution is 6.31. The minimum atomic E-state index is -0.389. The molecule has 1 aliphatic heterocycles. The molecular formula is C12H16ClFN2O. The molecule has 1 heterocycles. The molecule has 0 saturated carbocycles. The molecule has 1 aromatic carbocycles. The van der Waals surface area contributed by atoms with Crippen molar-refractivity contribution in [2.75, 3.05) is 31.6 Å². The van der Waals surface area contributed by atoms with Crippen LogP contribution in [0.15, 0.2) is 18.2 Å². The summed E-state index contributed by atoms with van der Waals surface area (Å²) < 4.78 is 18.3. The summed E-state index contributed by atoms with van der Waals surface area (Å²) in [6, 6.07) is 5.05. The molecule has 0 bridgehead atoms. The molecule has 1 atom stereocenters. The van der Waals surface area contributed by atoms with Crippen LogP contribution in [0.2, 0.25) is 5.02 Å². The molecule has 0 spiro atoms. The lowest BCUT2D eigenvalue weighted by molar-refractivity contribution is 0.0753. The molecular weight excluding hydrogens is 243 g/mol. The lowest BCUT2D eigenvalue weighted by atomic mass is 10.2. The van der Waals surface area contributed by atoms with E-state index in [1.807, 2.05) is 0 Å². The van der Waals surface area contributed by atoms with Crippen LogP contribution in [0.1, 0.15) is 6.42 Å². The van der Waals surface area contributed by atoms with Crippen molar-refractivity contribution >= 4 is 17.3 Å². The lowest BCUT2D eigenvalue weighted by Crippen LogP contribution is -2.42. The van der Waals surface area contributed by atoms with Crippen LogP contribution in [0.5, 0.6) is 0 Å². The number of hydrogen-bond acceptors (Lipinski definition) is 3. The van der Waals surface area contributed by atoms with Crippen molar-refractivity contribution in [3.05, 3.63) is 29.0 Å². The van der Waals surface area contributed by atoms with Gasteiger partial charge in [-0.2, -0.15) is 0 Å². The van der Waals surface area contributed by atoms with Gasteiger partial charge < -0.3 is 15.4 Å². The first kappa shape index (κ1) is 12.6. The van der Waals surface area contributed by atoms with Crippen LogP contribution in [0.25, 0.3) is 0 Å². The van der Waals surface area contributed by atoms with Crippen LogP contribution in [0.4, 0.5) is 10.1 Å². The van der Waals surface area contributed by atoms with E-state index in [9.17, 15) is 4.39 Å². The predicted octanol–water partition coefficient (Wildman–Crippen LogP) is 2.27. The van der Waals surface area contributed by atoms with E-state index < -0.39 is 0 Å². The third-order valence-corrected chi connectivity index (χ3v) is 3.03. The van der Waals surface area contributed by atoms with E-state index >= 15 is 0 Å². The molecule has 0 aromatic heterocycles. The molecule has 1 aliphatic rings. The van der Waals surface area contributed by atoms with Gasteiger partial charge in [-0.15, -0.1) is 0 Å². The first-order chi connectivity index (χ1) is 8.25. The van der Waals surface area contributed by atoms with Gasteiger partial charge in [0, 0.05) is 24.8 Å². The zero-order chi connectivity index (χ0) is 12.1. The zero-order valence-corrected chi connectivity index (χ0v) is 10.3. The van der Waals surface area contributed by atoms with Gasteiger partial charge in [-0.3, -0.25) is 0 Å². The second-order valence-electron chi connectivity index (χ2n) is 4.07. The maximum absolute atomic E-state index is 12.9. The molecule has 2 N–H and O–H groups in total. The second kappa shape index (κ2) is 6.19. The molecule has 1 fully saturated rings. The van der Waals surface area contributed by atoms with Crippen LogP contribution in [-0.2, 0) is 4.74 Å². The molecule has 2 rings (SSSR count). The summed E-state index contributed by atoms with van der Waals surface area (Å²) in [5.74, 6) is -0.389. The van der Waals surface area contributed by atoms with Gasteiger partial charge in [0.2, 0.25) is 0 Å². The summed E-state index contributed by atoms with van der Waals surface area (Å²) in [6.45, 7) is 3.26. The zero-order valence-electron chi connectivity index (χ0n) is 9.51. The standard InChI is InChI=1S/C12H16ClFN2O/c13-11-7-9(1-2-12(11)14)15-4-3-10-8-17-6-5-16-10/h1-2,7,10,15-16H,3-6,8H2. The Balaban J connectivity index is 1.75. The van der Waals surface area contributed by atoms with Crippen molar-refractivity contribution in [2.24, 2.45) is 0 Å². The highest BCUT2D eigenvalue weighted by Gasteiger charge is 2.11. The predicted molar refractivity (Wildman–Crippen MR) is 67.1 cm³/mol. The fourth-order valence-electron chi connectivity index (χ4n) is 1.80. The Labute approximate surface area is 105 Å². The van der Waals surface area contributed by atoms with Gasteiger partial charge in [0.25, 0.3) is 0 Å². The Morgan fingerprint density at radius 3 is 3.12 bits per heavy atom. The van der Waals surface area contributed by atoms with E-state index in [1.165, 1.54) is 6.07 Å². The van der Waals surface area contributed by atoms with E-state index in [2.05, 4.69) is 10.6 Å². The SMILES string of the molecule is Fc1ccc(NCCC2COCCN2)cc1Cl. The van der Waals surface area contributed by atoms with Crippen molar-refractivity contribution < 1.29 is 9.13 Å². The van der Waals surface area contributed by atoms with E-state index in [4.69, 9.17) is 16.3 Å². The van der Waals surface area contributed by atoms with Crippen LogP contribution in [0, 0.1) is 5.82 Å². The summed E-state index contributed by atoms with van der Waals surface area (Å²) in [7, 11) is 0. The normalized spacial score (nSPS) is 20.2. The Bertz CT molecular complexity index is 370. The Kier molecular flexibility index (Phi) is 4.59. The van der Waals surface area contributed by atoms with Crippen molar-refractivity contribution in [3.8, 4) is 0 Å². The topological polar surface area (TPSA) is 33.3 Å².